The van der Waals surface area contributed by atoms with E-state index in [-0.39, 0.29) is 0 Å². The largest absolute Gasteiger partial charge is 0.316 e. The molecule has 17 heavy (non-hydrogen) atoms. The van der Waals surface area contributed by atoms with Crippen LogP contribution in [0.2, 0.25) is 5.02 Å². The second kappa shape index (κ2) is 4.79. The SMILES string of the molecule is Clc1cncc(C2=CC[C@H]3CCNC[C@H]3C2)c1. The Hall–Kier alpha value is -0.860. The fourth-order valence-corrected chi connectivity index (χ4v) is 3.18. The number of nitrogens with zero attached hydrogens (tertiary/aromatic N) is 1. The van der Waals surface area contributed by atoms with E-state index in [0.717, 1.165) is 23.4 Å². The van der Waals surface area contributed by atoms with Crippen molar-refractivity contribution in [1.82, 2.24) is 10.3 Å². The smallest absolute Gasteiger partial charge is 0.0595 e. The summed E-state index contributed by atoms with van der Waals surface area (Å²) < 4.78 is 0. The number of fused-ring (bicyclic) bond motifs is 1. The van der Waals surface area contributed by atoms with Crippen molar-refractivity contribution in [2.75, 3.05) is 13.1 Å². The Labute approximate surface area is 107 Å². The zero-order chi connectivity index (χ0) is 11.7. The first kappa shape index (κ1) is 11.2. The van der Waals surface area contributed by atoms with Gasteiger partial charge in [0.15, 0.2) is 0 Å². The van der Waals surface area contributed by atoms with Crippen LogP contribution >= 0.6 is 11.6 Å². The van der Waals surface area contributed by atoms with Crippen LogP contribution in [0.25, 0.3) is 5.57 Å². The molecule has 1 aromatic rings. The van der Waals surface area contributed by atoms with Crippen LogP contribution in [0.4, 0.5) is 0 Å². The number of piperidine rings is 1. The van der Waals surface area contributed by atoms with E-state index in [1.807, 2.05) is 12.3 Å². The summed E-state index contributed by atoms with van der Waals surface area (Å²) in [6, 6.07) is 2.02. The third kappa shape index (κ3) is 2.38. The molecule has 1 aliphatic carbocycles. The number of rotatable bonds is 1. The lowest BCUT2D eigenvalue weighted by Gasteiger charge is -2.35. The Morgan fingerprint density at radius 1 is 1.29 bits per heavy atom. The molecule has 1 saturated heterocycles. The lowest BCUT2D eigenvalue weighted by Crippen LogP contribution is -2.37. The third-order valence-corrected chi connectivity index (χ3v) is 4.20. The van der Waals surface area contributed by atoms with Crippen molar-refractivity contribution in [1.29, 1.82) is 0 Å². The molecule has 0 aromatic carbocycles. The quantitative estimate of drug-likeness (QED) is 0.826. The van der Waals surface area contributed by atoms with Crippen molar-refractivity contribution in [3.63, 3.8) is 0 Å². The number of hydrogen-bond acceptors (Lipinski definition) is 2. The topological polar surface area (TPSA) is 24.9 Å². The van der Waals surface area contributed by atoms with Gasteiger partial charge in [-0.25, -0.2) is 0 Å². The molecule has 90 valence electrons. The van der Waals surface area contributed by atoms with Crippen LogP contribution in [0.3, 0.4) is 0 Å². The second-order valence-corrected chi connectivity index (χ2v) is 5.51. The predicted molar refractivity (Wildman–Crippen MR) is 70.9 cm³/mol. The number of allylic oxidation sites excluding steroid dienone is 2. The van der Waals surface area contributed by atoms with Gasteiger partial charge in [0.1, 0.15) is 0 Å². The molecule has 0 amide bonds. The van der Waals surface area contributed by atoms with Crippen molar-refractivity contribution < 1.29 is 0 Å². The molecule has 0 saturated carbocycles. The maximum absolute atomic E-state index is 6.00. The van der Waals surface area contributed by atoms with E-state index in [1.54, 1.807) is 6.20 Å². The normalized spacial score (nSPS) is 28.4. The molecule has 0 spiro atoms. The molecular weight excluding hydrogens is 232 g/mol. The highest BCUT2D eigenvalue weighted by Gasteiger charge is 2.28. The molecule has 2 atom stereocenters. The highest BCUT2D eigenvalue weighted by molar-refractivity contribution is 6.30. The molecule has 2 nitrogen and oxygen atoms in total. The molecule has 0 radical (unpaired) electrons. The van der Waals surface area contributed by atoms with Gasteiger partial charge in [-0.05, 0) is 61.4 Å². The average Bonchev–Trinajstić information content (AvgIpc) is 2.38. The predicted octanol–water partition coefficient (Wildman–Crippen LogP) is 3.14. The fraction of sp³-hybridized carbons (Fsp3) is 0.500. The van der Waals surface area contributed by atoms with Gasteiger partial charge >= 0.3 is 0 Å². The van der Waals surface area contributed by atoms with Gasteiger partial charge in [-0.2, -0.15) is 0 Å². The minimum absolute atomic E-state index is 0.729. The van der Waals surface area contributed by atoms with Gasteiger partial charge in [-0.1, -0.05) is 17.7 Å². The molecule has 1 N–H and O–H groups in total. The Kier molecular flexibility index (Phi) is 3.17. The van der Waals surface area contributed by atoms with Crippen molar-refractivity contribution in [3.8, 4) is 0 Å². The highest BCUT2D eigenvalue weighted by atomic mass is 35.5. The zero-order valence-electron chi connectivity index (χ0n) is 9.82. The number of aromatic nitrogens is 1. The Morgan fingerprint density at radius 2 is 2.24 bits per heavy atom. The zero-order valence-corrected chi connectivity index (χ0v) is 10.6. The number of halogens is 1. The summed E-state index contributed by atoms with van der Waals surface area (Å²) in [6.45, 7) is 2.35. The summed E-state index contributed by atoms with van der Waals surface area (Å²) in [6.07, 6.45) is 9.71. The van der Waals surface area contributed by atoms with Crippen LogP contribution in [-0.2, 0) is 0 Å². The van der Waals surface area contributed by atoms with Gasteiger partial charge in [0.2, 0.25) is 0 Å². The summed E-state index contributed by atoms with van der Waals surface area (Å²) in [5, 5.41) is 4.23. The second-order valence-electron chi connectivity index (χ2n) is 5.07. The highest BCUT2D eigenvalue weighted by Crippen LogP contribution is 2.37. The summed E-state index contributed by atoms with van der Waals surface area (Å²) in [5.74, 6) is 1.68. The maximum Gasteiger partial charge on any atom is 0.0595 e. The van der Waals surface area contributed by atoms with Crippen LogP contribution < -0.4 is 5.32 Å². The van der Waals surface area contributed by atoms with E-state index in [1.165, 1.54) is 36.9 Å². The first-order chi connectivity index (χ1) is 8.33. The van der Waals surface area contributed by atoms with Gasteiger partial charge in [0, 0.05) is 12.4 Å². The van der Waals surface area contributed by atoms with Crippen LogP contribution in [0.5, 0.6) is 0 Å². The maximum atomic E-state index is 6.00. The fourth-order valence-electron chi connectivity index (χ4n) is 3.01. The van der Waals surface area contributed by atoms with Gasteiger partial charge in [0.25, 0.3) is 0 Å². The van der Waals surface area contributed by atoms with Gasteiger partial charge in [-0.3, -0.25) is 4.98 Å². The van der Waals surface area contributed by atoms with Gasteiger partial charge in [-0.15, -0.1) is 0 Å². The van der Waals surface area contributed by atoms with Crippen molar-refractivity contribution in [2.24, 2.45) is 11.8 Å². The van der Waals surface area contributed by atoms with Gasteiger partial charge in [0.05, 0.1) is 5.02 Å². The van der Waals surface area contributed by atoms with Gasteiger partial charge < -0.3 is 5.32 Å². The van der Waals surface area contributed by atoms with Crippen LogP contribution in [0.15, 0.2) is 24.5 Å². The molecule has 1 aliphatic heterocycles. The third-order valence-electron chi connectivity index (χ3n) is 3.99. The molecule has 2 aliphatic rings. The first-order valence-electron chi connectivity index (χ1n) is 6.33. The molecule has 1 fully saturated rings. The van der Waals surface area contributed by atoms with Crippen LogP contribution in [0, 0.1) is 11.8 Å². The van der Waals surface area contributed by atoms with E-state index in [4.69, 9.17) is 11.6 Å². The van der Waals surface area contributed by atoms with E-state index < -0.39 is 0 Å². The monoisotopic (exact) mass is 248 g/mol. The minimum atomic E-state index is 0.729. The van der Waals surface area contributed by atoms with Crippen molar-refractivity contribution in [3.05, 3.63) is 35.1 Å². The molecule has 0 unspecified atom stereocenters. The standard InChI is InChI=1S/C14H17ClN2/c15-14-6-13(8-17-9-14)11-2-1-10-3-4-16-7-12(10)5-11/h2,6,8-10,12,16H,1,3-5,7H2/t10-,12+/m0/s1. The molecule has 3 rings (SSSR count). The number of pyridine rings is 1. The summed E-state index contributed by atoms with van der Waals surface area (Å²) >= 11 is 6.00. The van der Waals surface area contributed by atoms with E-state index in [2.05, 4.69) is 16.4 Å². The molecule has 0 bridgehead atoms. The van der Waals surface area contributed by atoms with E-state index in [0.29, 0.717) is 0 Å². The Morgan fingerprint density at radius 3 is 3.12 bits per heavy atom. The van der Waals surface area contributed by atoms with E-state index in [9.17, 15) is 0 Å². The van der Waals surface area contributed by atoms with Crippen LogP contribution in [0.1, 0.15) is 24.8 Å². The molecule has 3 heteroatoms. The Bertz CT molecular complexity index is 442. The number of nitrogens with one attached hydrogen (secondary N) is 1. The van der Waals surface area contributed by atoms with Crippen molar-refractivity contribution in [2.45, 2.75) is 19.3 Å². The van der Waals surface area contributed by atoms with E-state index >= 15 is 0 Å². The molecule has 2 heterocycles. The lowest BCUT2D eigenvalue weighted by atomic mass is 9.75. The van der Waals surface area contributed by atoms with Crippen LogP contribution in [-0.4, -0.2) is 18.1 Å². The first-order valence-corrected chi connectivity index (χ1v) is 6.71. The number of hydrogen-bond donors (Lipinski definition) is 1. The van der Waals surface area contributed by atoms with Crippen molar-refractivity contribution >= 4 is 17.2 Å². The average molecular weight is 249 g/mol. The summed E-state index contributed by atoms with van der Waals surface area (Å²) in [7, 11) is 0. The lowest BCUT2D eigenvalue weighted by molar-refractivity contribution is 0.252. The Balaban J connectivity index is 1.82. The summed E-state index contributed by atoms with van der Waals surface area (Å²) in [5.41, 5.74) is 2.62. The molecular formula is C14H17ClN2. The molecule has 1 aromatic heterocycles. The minimum Gasteiger partial charge on any atom is -0.316 e. The summed E-state index contributed by atoms with van der Waals surface area (Å²) in [4.78, 5) is 4.18.